The summed E-state index contributed by atoms with van der Waals surface area (Å²) in [7, 11) is 0. The third-order valence-corrected chi connectivity index (χ3v) is 4.12. The number of nitro groups is 1. The van der Waals surface area contributed by atoms with Gasteiger partial charge in [0.2, 0.25) is 0 Å². The molecule has 0 bridgehead atoms. The molecule has 3 rings (SSSR count). The molecule has 0 atom stereocenters. The van der Waals surface area contributed by atoms with E-state index in [-0.39, 0.29) is 23.2 Å². The van der Waals surface area contributed by atoms with Crippen molar-refractivity contribution in [3.63, 3.8) is 0 Å². The van der Waals surface area contributed by atoms with Crippen molar-refractivity contribution in [2.75, 3.05) is 11.9 Å². The average molecular weight is 383 g/mol. The molecule has 0 saturated carbocycles. The molecule has 0 aliphatic heterocycles. The Kier molecular flexibility index (Phi) is 5.63. The number of amides is 1. The molecule has 0 fully saturated rings. The van der Waals surface area contributed by atoms with Crippen LogP contribution in [0.3, 0.4) is 0 Å². The topological polar surface area (TPSA) is 96.6 Å². The zero-order valence-electron chi connectivity index (χ0n) is 14.1. The van der Waals surface area contributed by atoms with Gasteiger partial charge in [0.1, 0.15) is 5.02 Å². The highest BCUT2D eigenvalue weighted by Crippen LogP contribution is 2.24. The van der Waals surface area contributed by atoms with Crippen molar-refractivity contribution in [1.29, 1.82) is 0 Å². The van der Waals surface area contributed by atoms with Gasteiger partial charge >= 0.3 is 0 Å². The normalized spacial score (nSPS) is 10.9. The van der Waals surface area contributed by atoms with Crippen LogP contribution in [0.15, 0.2) is 65.8 Å². The van der Waals surface area contributed by atoms with E-state index in [0.29, 0.717) is 5.56 Å². The zero-order chi connectivity index (χ0) is 19.2. The van der Waals surface area contributed by atoms with Gasteiger partial charge < -0.3 is 5.32 Å². The molecule has 8 heteroatoms. The molecule has 0 unspecified atom stereocenters. The van der Waals surface area contributed by atoms with Gasteiger partial charge in [0.25, 0.3) is 11.6 Å². The highest BCUT2D eigenvalue weighted by molar-refractivity contribution is 6.32. The van der Waals surface area contributed by atoms with E-state index in [2.05, 4.69) is 15.8 Å². The number of halogens is 1. The number of nitrogens with zero attached hydrogens (tertiary/aromatic N) is 2. The number of benzene rings is 3. The average Bonchev–Trinajstić information content (AvgIpc) is 2.67. The number of anilines is 1. The summed E-state index contributed by atoms with van der Waals surface area (Å²) in [5.74, 6) is -0.345. The van der Waals surface area contributed by atoms with E-state index in [4.69, 9.17) is 11.6 Å². The number of nitro benzene ring substituents is 1. The Balaban J connectivity index is 1.59. The monoisotopic (exact) mass is 382 g/mol. The van der Waals surface area contributed by atoms with Gasteiger partial charge in [-0.1, -0.05) is 54.1 Å². The molecule has 1 amide bonds. The van der Waals surface area contributed by atoms with E-state index in [0.717, 1.165) is 16.5 Å². The largest absolute Gasteiger partial charge is 0.376 e. The lowest BCUT2D eigenvalue weighted by Crippen LogP contribution is -2.25. The Morgan fingerprint density at radius 1 is 1.15 bits per heavy atom. The predicted octanol–water partition coefficient (Wildman–Crippen LogP) is 3.96. The lowest BCUT2D eigenvalue weighted by Gasteiger charge is -2.08. The Morgan fingerprint density at radius 2 is 1.93 bits per heavy atom. The maximum atomic E-state index is 12.0. The van der Waals surface area contributed by atoms with Gasteiger partial charge in [-0.3, -0.25) is 14.9 Å². The van der Waals surface area contributed by atoms with Crippen LogP contribution in [0, 0.1) is 10.1 Å². The number of carbonyl (C=O) groups is 1. The van der Waals surface area contributed by atoms with Crippen LogP contribution in [0.5, 0.6) is 0 Å². The van der Waals surface area contributed by atoms with Gasteiger partial charge in [0.05, 0.1) is 17.7 Å². The summed E-state index contributed by atoms with van der Waals surface area (Å²) in [5.41, 5.74) is 3.46. The molecule has 3 aromatic carbocycles. The number of carbonyl (C=O) groups excluding carboxylic acids is 1. The molecule has 0 heterocycles. The van der Waals surface area contributed by atoms with E-state index in [1.807, 2.05) is 42.5 Å². The number of hydrogen-bond acceptors (Lipinski definition) is 5. The van der Waals surface area contributed by atoms with Crippen molar-refractivity contribution in [1.82, 2.24) is 5.43 Å². The Hall–Kier alpha value is -3.45. The SMILES string of the molecule is O=C(CNc1cccc2ccccc12)N/N=C\c1ccc(Cl)c([N+](=O)[O-])c1. The minimum absolute atomic E-state index is 0.0338. The van der Waals surface area contributed by atoms with Gasteiger partial charge in [0, 0.05) is 22.7 Å². The minimum atomic E-state index is -0.577. The molecule has 0 saturated heterocycles. The quantitative estimate of drug-likeness (QED) is 0.383. The Morgan fingerprint density at radius 3 is 2.74 bits per heavy atom. The second-order valence-electron chi connectivity index (χ2n) is 5.64. The number of fused-ring (bicyclic) bond motifs is 1. The van der Waals surface area contributed by atoms with Crippen molar-refractivity contribution in [2.24, 2.45) is 5.10 Å². The van der Waals surface area contributed by atoms with E-state index >= 15 is 0 Å². The van der Waals surface area contributed by atoms with Crippen molar-refractivity contribution in [2.45, 2.75) is 0 Å². The molecule has 2 N–H and O–H groups in total. The summed E-state index contributed by atoms with van der Waals surface area (Å²) in [6.45, 7) is 0.0338. The smallest absolute Gasteiger partial charge is 0.288 e. The Labute approximate surface area is 159 Å². The maximum absolute atomic E-state index is 12.0. The molecule has 0 spiro atoms. The van der Waals surface area contributed by atoms with Crippen molar-refractivity contribution < 1.29 is 9.72 Å². The minimum Gasteiger partial charge on any atom is -0.376 e. The van der Waals surface area contributed by atoms with Gasteiger partial charge in [-0.2, -0.15) is 5.10 Å². The summed E-state index contributed by atoms with van der Waals surface area (Å²) < 4.78 is 0. The van der Waals surface area contributed by atoms with Crippen LogP contribution in [0.2, 0.25) is 5.02 Å². The van der Waals surface area contributed by atoms with E-state index in [1.165, 1.54) is 18.3 Å². The molecular formula is C19H15ClN4O3. The molecule has 3 aromatic rings. The number of rotatable bonds is 6. The lowest BCUT2D eigenvalue weighted by atomic mass is 10.1. The highest BCUT2D eigenvalue weighted by Gasteiger charge is 2.11. The van der Waals surface area contributed by atoms with Crippen LogP contribution in [0.4, 0.5) is 11.4 Å². The Bertz CT molecular complexity index is 1030. The zero-order valence-corrected chi connectivity index (χ0v) is 14.8. The molecule has 27 heavy (non-hydrogen) atoms. The van der Waals surface area contributed by atoms with Crippen molar-refractivity contribution in [3.8, 4) is 0 Å². The molecule has 0 aliphatic carbocycles. The second kappa shape index (κ2) is 8.29. The van der Waals surface area contributed by atoms with Crippen LogP contribution in [0.25, 0.3) is 10.8 Å². The standard InChI is InChI=1S/C19H15ClN4O3/c20-16-9-8-13(10-18(16)24(26)27)11-22-23-19(25)12-21-17-7-3-5-14-4-1-2-6-15(14)17/h1-11,21H,12H2,(H,23,25)/b22-11-. The fourth-order valence-corrected chi connectivity index (χ4v) is 2.71. The number of hydrogen-bond donors (Lipinski definition) is 2. The first-order chi connectivity index (χ1) is 13.0. The fraction of sp³-hybridized carbons (Fsp3) is 0.0526. The van der Waals surface area contributed by atoms with Crippen molar-refractivity contribution in [3.05, 3.63) is 81.4 Å². The molecule has 0 radical (unpaired) electrons. The third kappa shape index (κ3) is 4.59. The summed E-state index contributed by atoms with van der Waals surface area (Å²) >= 11 is 5.75. The summed E-state index contributed by atoms with van der Waals surface area (Å²) in [5, 5.41) is 19.9. The maximum Gasteiger partial charge on any atom is 0.288 e. The summed E-state index contributed by atoms with van der Waals surface area (Å²) in [6.07, 6.45) is 1.32. The van der Waals surface area contributed by atoms with Crippen LogP contribution in [0.1, 0.15) is 5.56 Å². The van der Waals surface area contributed by atoms with Crippen molar-refractivity contribution >= 4 is 45.9 Å². The first kappa shape index (κ1) is 18.3. The van der Waals surface area contributed by atoms with Gasteiger partial charge in [-0.05, 0) is 17.5 Å². The number of hydrazone groups is 1. The first-order valence-electron chi connectivity index (χ1n) is 8.02. The van der Waals surface area contributed by atoms with Crippen LogP contribution in [-0.2, 0) is 4.79 Å². The fourth-order valence-electron chi connectivity index (χ4n) is 2.52. The van der Waals surface area contributed by atoms with Gasteiger partial charge in [-0.15, -0.1) is 0 Å². The van der Waals surface area contributed by atoms with Crippen LogP contribution < -0.4 is 10.7 Å². The molecular weight excluding hydrogens is 368 g/mol. The molecule has 0 aromatic heterocycles. The number of nitrogens with one attached hydrogen (secondary N) is 2. The third-order valence-electron chi connectivity index (χ3n) is 3.80. The highest BCUT2D eigenvalue weighted by atomic mass is 35.5. The van der Waals surface area contributed by atoms with E-state index in [9.17, 15) is 14.9 Å². The summed E-state index contributed by atoms with van der Waals surface area (Å²) in [4.78, 5) is 22.2. The van der Waals surface area contributed by atoms with Crippen LogP contribution in [-0.4, -0.2) is 23.6 Å². The van der Waals surface area contributed by atoms with Gasteiger partial charge in [0.15, 0.2) is 0 Å². The van der Waals surface area contributed by atoms with E-state index < -0.39 is 4.92 Å². The predicted molar refractivity (Wildman–Crippen MR) is 106 cm³/mol. The summed E-state index contributed by atoms with van der Waals surface area (Å²) in [6, 6.07) is 17.9. The van der Waals surface area contributed by atoms with E-state index in [1.54, 1.807) is 6.07 Å². The molecule has 136 valence electrons. The van der Waals surface area contributed by atoms with Gasteiger partial charge in [-0.25, -0.2) is 5.43 Å². The first-order valence-corrected chi connectivity index (χ1v) is 8.40. The lowest BCUT2D eigenvalue weighted by molar-refractivity contribution is -0.384. The second-order valence-corrected chi connectivity index (χ2v) is 6.05. The molecule has 7 nitrogen and oxygen atoms in total. The van der Waals surface area contributed by atoms with Crippen LogP contribution >= 0.6 is 11.6 Å². The molecule has 0 aliphatic rings.